The maximum absolute atomic E-state index is 14.4. The topological polar surface area (TPSA) is 68.4 Å². The summed E-state index contributed by atoms with van der Waals surface area (Å²) in [5.41, 5.74) is 7.22. The van der Waals surface area contributed by atoms with Crippen LogP contribution in [0.2, 0.25) is 24.7 Å². The highest BCUT2D eigenvalue weighted by molar-refractivity contribution is 6.88. The van der Waals surface area contributed by atoms with Crippen LogP contribution in [0.1, 0.15) is 12.0 Å². The second kappa shape index (κ2) is 6.57. The minimum Gasteiger partial charge on any atom is -0.397 e. The number of halogens is 2. The van der Waals surface area contributed by atoms with Crippen LogP contribution in [0.4, 0.5) is 10.1 Å². The zero-order valence-electron chi connectivity index (χ0n) is 13.5. The Morgan fingerprint density at radius 2 is 1.96 bits per heavy atom. The molecule has 0 aliphatic rings. The third-order valence-electron chi connectivity index (χ3n) is 3.54. The van der Waals surface area contributed by atoms with E-state index in [9.17, 15) is 9.50 Å². The first-order valence-corrected chi connectivity index (χ1v) is 11.0. The highest BCUT2D eigenvalue weighted by Crippen LogP contribution is 2.31. The van der Waals surface area contributed by atoms with Crippen molar-refractivity contribution in [2.24, 2.45) is 0 Å². The van der Waals surface area contributed by atoms with Crippen molar-refractivity contribution in [3.63, 3.8) is 0 Å². The van der Waals surface area contributed by atoms with Gasteiger partial charge in [-0.15, -0.1) is 0 Å². The van der Waals surface area contributed by atoms with E-state index in [1.165, 1.54) is 13.2 Å². The summed E-state index contributed by atoms with van der Waals surface area (Å²) in [6.45, 7) is 6.24. The summed E-state index contributed by atoms with van der Waals surface area (Å²) in [4.78, 5) is 4.26. The third-order valence-corrected chi connectivity index (χ3v) is 5.97. The lowest BCUT2D eigenvalue weighted by molar-refractivity contribution is -0.0796. The van der Waals surface area contributed by atoms with Crippen LogP contribution in [0.25, 0.3) is 11.3 Å². The molecule has 2 rings (SSSR count). The molecule has 0 fully saturated rings. The molecule has 124 valence electrons. The molecular weight excluding hydrogens is 335 g/mol. The Balaban J connectivity index is 2.55. The summed E-state index contributed by atoms with van der Waals surface area (Å²) in [6.07, 6.45) is -1.30. The molecular formula is C16H20ClFN2O2Si. The molecule has 0 bridgehead atoms. The van der Waals surface area contributed by atoms with Crippen molar-refractivity contribution in [1.29, 1.82) is 0 Å². The number of aliphatic hydroxyl groups excluding tert-OH is 1. The first-order chi connectivity index (χ1) is 10.6. The first-order valence-electron chi connectivity index (χ1n) is 7.12. The van der Waals surface area contributed by atoms with E-state index < -0.39 is 14.4 Å². The van der Waals surface area contributed by atoms with Crippen molar-refractivity contribution in [3.8, 4) is 11.3 Å². The van der Waals surface area contributed by atoms with Crippen molar-refractivity contribution in [3.05, 3.63) is 40.8 Å². The van der Waals surface area contributed by atoms with Crippen LogP contribution < -0.4 is 10.9 Å². The Hall–Kier alpha value is -1.47. The molecule has 1 atom stereocenters. The van der Waals surface area contributed by atoms with Gasteiger partial charge < -0.3 is 15.6 Å². The normalized spacial score (nSPS) is 13.2. The number of anilines is 1. The number of methoxy groups -OCH3 is 1. The summed E-state index contributed by atoms with van der Waals surface area (Å²) < 4.78 is 19.2. The number of pyridine rings is 1. The highest BCUT2D eigenvalue weighted by atomic mass is 35.5. The molecule has 1 aromatic heterocycles. The standard InChI is InChI=1S/C16H20ClFN2O2Si/c1-22-16(21)15-14(17)11(19)8-12(20-15)9-5-6-13(10(18)7-9)23(2,3)4/h5-8,16,21H,1-4H3,(H2,19,20). The van der Waals surface area contributed by atoms with E-state index in [2.05, 4.69) is 24.6 Å². The van der Waals surface area contributed by atoms with Gasteiger partial charge in [0.2, 0.25) is 0 Å². The van der Waals surface area contributed by atoms with Gasteiger partial charge in [0.1, 0.15) is 11.5 Å². The molecule has 0 aliphatic heterocycles. The predicted molar refractivity (Wildman–Crippen MR) is 94.0 cm³/mol. The quantitative estimate of drug-likeness (QED) is 0.653. The number of hydrogen-bond acceptors (Lipinski definition) is 4. The van der Waals surface area contributed by atoms with Crippen molar-refractivity contribution in [2.75, 3.05) is 12.8 Å². The average molecular weight is 355 g/mol. The molecule has 0 saturated heterocycles. The molecule has 2 aromatic rings. The van der Waals surface area contributed by atoms with Crippen LogP contribution in [0.3, 0.4) is 0 Å². The van der Waals surface area contributed by atoms with E-state index >= 15 is 0 Å². The van der Waals surface area contributed by atoms with Crippen LogP contribution in [0.15, 0.2) is 24.3 Å². The zero-order valence-corrected chi connectivity index (χ0v) is 15.3. The molecule has 23 heavy (non-hydrogen) atoms. The average Bonchev–Trinajstić information content (AvgIpc) is 2.47. The number of benzene rings is 1. The van der Waals surface area contributed by atoms with Crippen LogP contribution in [-0.2, 0) is 4.74 Å². The molecule has 1 aromatic carbocycles. The van der Waals surface area contributed by atoms with Gasteiger partial charge in [-0.2, -0.15) is 0 Å². The van der Waals surface area contributed by atoms with E-state index in [-0.39, 0.29) is 22.2 Å². The van der Waals surface area contributed by atoms with Gasteiger partial charge in [-0.05, 0) is 17.3 Å². The summed E-state index contributed by atoms with van der Waals surface area (Å²) in [5.74, 6) is -0.258. The van der Waals surface area contributed by atoms with Gasteiger partial charge >= 0.3 is 0 Å². The number of nitrogen functional groups attached to an aromatic ring is 1. The van der Waals surface area contributed by atoms with Crippen LogP contribution in [0, 0.1) is 5.82 Å². The number of hydrogen-bond donors (Lipinski definition) is 2. The smallest absolute Gasteiger partial charge is 0.199 e. The monoisotopic (exact) mass is 354 g/mol. The minimum absolute atomic E-state index is 0.110. The van der Waals surface area contributed by atoms with Crippen LogP contribution in [0.5, 0.6) is 0 Å². The molecule has 0 saturated carbocycles. The largest absolute Gasteiger partial charge is 0.397 e. The number of aliphatic hydroxyl groups is 1. The van der Waals surface area contributed by atoms with Gasteiger partial charge in [0.25, 0.3) is 0 Å². The van der Waals surface area contributed by atoms with Crippen molar-refractivity contribution in [2.45, 2.75) is 25.9 Å². The lowest BCUT2D eigenvalue weighted by atomic mass is 10.1. The van der Waals surface area contributed by atoms with Gasteiger partial charge in [-0.1, -0.05) is 43.4 Å². The molecule has 1 unspecified atom stereocenters. The number of aromatic nitrogens is 1. The molecule has 3 N–H and O–H groups in total. The Bertz CT molecular complexity index is 735. The van der Waals surface area contributed by atoms with Gasteiger partial charge in [0.15, 0.2) is 6.29 Å². The summed E-state index contributed by atoms with van der Waals surface area (Å²) >= 11 is 6.05. The maximum atomic E-state index is 14.4. The zero-order chi connectivity index (χ0) is 17.4. The van der Waals surface area contributed by atoms with Crippen molar-refractivity contribution in [1.82, 2.24) is 4.98 Å². The second-order valence-corrected chi connectivity index (χ2v) is 11.7. The van der Waals surface area contributed by atoms with E-state index in [0.29, 0.717) is 11.3 Å². The fraction of sp³-hybridized carbons (Fsp3) is 0.312. The van der Waals surface area contributed by atoms with E-state index in [1.54, 1.807) is 18.2 Å². The fourth-order valence-electron chi connectivity index (χ4n) is 2.28. The first kappa shape index (κ1) is 17.9. The lowest BCUT2D eigenvalue weighted by Crippen LogP contribution is -2.39. The maximum Gasteiger partial charge on any atom is 0.199 e. The molecule has 0 amide bonds. The minimum atomic E-state index is -1.76. The number of nitrogens with zero attached hydrogens (tertiary/aromatic N) is 1. The summed E-state index contributed by atoms with van der Waals surface area (Å²) in [5, 5.41) is 10.7. The molecule has 1 heterocycles. The highest BCUT2D eigenvalue weighted by Gasteiger charge is 2.22. The molecule has 7 heteroatoms. The van der Waals surface area contributed by atoms with E-state index in [0.717, 1.165) is 5.19 Å². The Labute approximate surface area is 141 Å². The SMILES string of the molecule is COC(O)c1nc(-c2ccc([Si](C)(C)C)c(F)c2)cc(N)c1Cl. The van der Waals surface area contributed by atoms with Gasteiger partial charge in [-0.25, -0.2) is 9.37 Å². The summed E-state index contributed by atoms with van der Waals surface area (Å²) in [7, 11) is -0.430. The predicted octanol–water partition coefficient (Wildman–Crippen LogP) is 3.31. The lowest BCUT2D eigenvalue weighted by Gasteiger charge is -2.18. The van der Waals surface area contributed by atoms with E-state index in [1.807, 2.05) is 0 Å². The number of rotatable bonds is 4. The molecule has 0 spiro atoms. The van der Waals surface area contributed by atoms with Gasteiger partial charge in [0, 0.05) is 12.7 Å². The van der Waals surface area contributed by atoms with Crippen molar-refractivity contribution >= 4 is 30.5 Å². The molecule has 0 aliphatic carbocycles. The Kier molecular flexibility index (Phi) is 5.10. The molecule has 0 radical (unpaired) electrons. The van der Waals surface area contributed by atoms with Gasteiger partial charge in [0.05, 0.1) is 24.5 Å². The Morgan fingerprint density at radius 1 is 1.30 bits per heavy atom. The van der Waals surface area contributed by atoms with Crippen molar-refractivity contribution < 1.29 is 14.2 Å². The van der Waals surface area contributed by atoms with E-state index in [4.69, 9.17) is 22.1 Å². The second-order valence-electron chi connectivity index (χ2n) is 6.33. The number of nitrogens with two attached hydrogens (primary N) is 1. The van der Waals surface area contributed by atoms with Crippen LogP contribution in [-0.4, -0.2) is 25.3 Å². The Morgan fingerprint density at radius 3 is 2.48 bits per heavy atom. The molecule has 4 nitrogen and oxygen atoms in total. The summed E-state index contributed by atoms with van der Waals surface area (Å²) in [6, 6.07) is 6.58. The fourth-order valence-corrected chi connectivity index (χ4v) is 3.84. The van der Waals surface area contributed by atoms with Gasteiger partial charge in [-0.3, -0.25) is 0 Å². The van der Waals surface area contributed by atoms with Crippen LogP contribution >= 0.6 is 11.6 Å². The third kappa shape index (κ3) is 3.72. The number of ether oxygens (including phenoxy) is 1.